The Morgan fingerprint density at radius 3 is 2.12 bits per heavy atom. The first-order chi connectivity index (χ1) is 20.4. The maximum Gasteiger partial charge on any atom is 0.407 e. The third-order valence-electron chi connectivity index (χ3n) is 6.94. The van der Waals surface area contributed by atoms with E-state index in [4.69, 9.17) is 14.2 Å². The topological polar surface area (TPSA) is 94.1 Å². The van der Waals surface area contributed by atoms with E-state index in [2.05, 4.69) is 5.32 Å². The Labute approximate surface area is 244 Å². The Balaban J connectivity index is 0.00000198. The number of hydrogen-bond donors (Lipinski definition) is 2. The van der Waals surface area contributed by atoms with Crippen LogP contribution >= 0.6 is 0 Å². The van der Waals surface area contributed by atoms with E-state index in [9.17, 15) is 19.1 Å². The minimum Gasteiger partial charge on any atom is -0.508 e. The van der Waals surface area contributed by atoms with Gasteiger partial charge in [0, 0.05) is 24.0 Å². The van der Waals surface area contributed by atoms with Crippen LogP contribution in [0.5, 0.6) is 11.5 Å². The van der Waals surface area contributed by atoms with Crippen molar-refractivity contribution in [3.63, 3.8) is 0 Å². The van der Waals surface area contributed by atoms with Crippen molar-refractivity contribution in [2.75, 3.05) is 13.7 Å². The summed E-state index contributed by atoms with van der Waals surface area (Å²) in [5, 5.41) is 12.2. The van der Waals surface area contributed by atoms with Gasteiger partial charge in [0.1, 0.15) is 36.6 Å². The molecule has 1 unspecified atom stereocenters. The molecule has 0 bridgehead atoms. The molecule has 0 spiro atoms. The number of phenols is 1. The van der Waals surface area contributed by atoms with Crippen LogP contribution in [0.4, 0.5) is 9.18 Å². The van der Waals surface area contributed by atoms with Crippen molar-refractivity contribution < 1.29 is 33.3 Å². The van der Waals surface area contributed by atoms with Crippen LogP contribution in [0.25, 0.3) is 11.1 Å². The first-order valence-corrected chi connectivity index (χ1v) is 13.8. The number of fused-ring (bicyclic) bond motifs is 3. The lowest BCUT2D eigenvalue weighted by Crippen LogP contribution is -2.44. The average Bonchev–Trinajstić information content (AvgIpc) is 3.34. The van der Waals surface area contributed by atoms with E-state index in [0.717, 1.165) is 22.3 Å². The van der Waals surface area contributed by atoms with E-state index < -0.39 is 23.9 Å². The number of halogens is 1. The number of hydrogen-bond acceptors (Lipinski definition) is 6. The maximum absolute atomic E-state index is 14.4. The van der Waals surface area contributed by atoms with Gasteiger partial charge in [0.15, 0.2) is 0 Å². The average molecular weight is 572 g/mol. The van der Waals surface area contributed by atoms with E-state index in [1.807, 2.05) is 62.4 Å². The number of alkyl carbamates (subject to hydrolysis) is 1. The van der Waals surface area contributed by atoms with Crippen molar-refractivity contribution in [2.45, 2.75) is 38.8 Å². The van der Waals surface area contributed by atoms with E-state index in [0.29, 0.717) is 11.3 Å². The summed E-state index contributed by atoms with van der Waals surface area (Å²) in [6, 6.07) is 25.1. The Morgan fingerprint density at radius 2 is 1.48 bits per heavy atom. The van der Waals surface area contributed by atoms with E-state index in [1.165, 1.54) is 31.4 Å². The zero-order valence-corrected chi connectivity index (χ0v) is 23.8. The smallest absolute Gasteiger partial charge is 0.407 e. The van der Waals surface area contributed by atoms with Gasteiger partial charge < -0.3 is 24.6 Å². The van der Waals surface area contributed by atoms with Gasteiger partial charge in [-0.3, -0.25) is 0 Å². The number of carbonyl (C=O) groups excluding carboxylic acids is 2. The van der Waals surface area contributed by atoms with Gasteiger partial charge in [-0.1, -0.05) is 80.6 Å². The summed E-state index contributed by atoms with van der Waals surface area (Å²) in [6.45, 7) is 3.88. The van der Waals surface area contributed by atoms with Crippen LogP contribution in [0.15, 0.2) is 91.0 Å². The number of ether oxygens (including phenoxy) is 3. The summed E-state index contributed by atoms with van der Waals surface area (Å²) < 4.78 is 30.7. The monoisotopic (exact) mass is 571 g/mol. The Hall–Kier alpha value is -4.85. The maximum atomic E-state index is 14.4. The zero-order valence-electron chi connectivity index (χ0n) is 23.8. The van der Waals surface area contributed by atoms with Crippen molar-refractivity contribution >= 4 is 12.1 Å². The number of esters is 1. The van der Waals surface area contributed by atoms with Gasteiger partial charge in [0.2, 0.25) is 0 Å². The fourth-order valence-corrected chi connectivity index (χ4v) is 4.96. The second-order valence-corrected chi connectivity index (χ2v) is 9.42. The predicted molar refractivity (Wildman–Crippen MR) is 158 cm³/mol. The molecule has 1 aliphatic carbocycles. The standard InChI is InChI=1S/C32H28FNO6.C2H6/c1-38-30-17-22(35)15-14-21(30)18-39-31(36)29(16-20-8-2-7-13-28(20)33)34-32(37)40-19-27-25-11-5-3-9-23(25)24-10-4-6-12-26(24)27;1-2/h2-15,17,27,29,35H,16,18-19H2,1H3,(H,34,37);1-2H3. The highest BCUT2D eigenvalue weighted by Gasteiger charge is 2.30. The fourth-order valence-electron chi connectivity index (χ4n) is 4.96. The molecule has 0 aliphatic heterocycles. The molecule has 0 aromatic heterocycles. The van der Waals surface area contributed by atoms with Gasteiger partial charge in [-0.2, -0.15) is 0 Å². The minimum atomic E-state index is -1.21. The summed E-state index contributed by atoms with van der Waals surface area (Å²) in [7, 11) is 1.43. The van der Waals surface area contributed by atoms with E-state index >= 15 is 0 Å². The number of carbonyl (C=O) groups is 2. The Bertz CT molecular complexity index is 1490. The zero-order chi connectivity index (χ0) is 30.1. The van der Waals surface area contributed by atoms with Crippen LogP contribution in [0.3, 0.4) is 0 Å². The van der Waals surface area contributed by atoms with Crippen LogP contribution < -0.4 is 10.1 Å². The predicted octanol–water partition coefficient (Wildman–Crippen LogP) is 6.76. The van der Waals surface area contributed by atoms with Gasteiger partial charge in [-0.15, -0.1) is 0 Å². The molecule has 1 amide bonds. The SMILES string of the molecule is CC.COc1cc(O)ccc1COC(=O)C(Cc1ccccc1F)NC(=O)OCC1c2ccccc2-c2ccccc21. The lowest BCUT2D eigenvalue weighted by Gasteiger charge is -2.20. The van der Waals surface area contributed by atoms with Crippen LogP contribution in [0, 0.1) is 5.82 Å². The molecule has 4 aromatic carbocycles. The molecule has 0 saturated carbocycles. The van der Waals surface area contributed by atoms with Gasteiger partial charge >= 0.3 is 12.1 Å². The summed E-state index contributed by atoms with van der Waals surface area (Å²) in [6.07, 6.45) is -0.954. The normalized spacial score (nSPS) is 12.2. The molecule has 5 rings (SSSR count). The summed E-state index contributed by atoms with van der Waals surface area (Å²) >= 11 is 0. The van der Waals surface area contributed by atoms with Crippen LogP contribution in [-0.2, 0) is 27.3 Å². The number of amides is 1. The second-order valence-electron chi connectivity index (χ2n) is 9.42. The second kappa shape index (κ2) is 14.2. The van der Waals surface area contributed by atoms with Crippen molar-refractivity contribution in [3.05, 3.63) is 119 Å². The van der Waals surface area contributed by atoms with E-state index in [-0.39, 0.29) is 36.9 Å². The lowest BCUT2D eigenvalue weighted by molar-refractivity contribution is -0.147. The number of phenolic OH excluding ortho intramolecular Hbond substituents is 1. The highest BCUT2D eigenvalue weighted by atomic mass is 19.1. The lowest BCUT2D eigenvalue weighted by atomic mass is 9.98. The number of rotatable bonds is 9. The van der Waals surface area contributed by atoms with Crippen molar-refractivity contribution in [1.82, 2.24) is 5.32 Å². The third-order valence-corrected chi connectivity index (χ3v) is 6.94. The molecule has 8 heteroatoms. The quantitative estimate of drug-likeness (QED) is 0.216. The molecule has 2 N–H and O–H groups in total. The summed E-state index contributed by atoms with van der Waals surface area (Å²) in [5.74, 6) is -1.09. The fraction of sp³-hybridized carbons (Fsp3) is 0.235. The highest BCUT2D eigenvalue weighted by molar-refractivity contribution is 5.82. The summed E-state index contributed by atoms with van der Waals surface area (Å²) in [4.78, 5) is 26.1. The summed E-state index contributed by atoms with van der Waals surface area (Å²) in [5.41, 5.74) is 5.06. The number of nitrogens with one attached hydrogen (secondary N) is 1. The molecule has 42 heavy (non-hydrogen) atoms. The van der Waals surface area contributed by atoms with Gasteiger partial charge in [-0.05, 0) is 46.0 Å². The molecular formula is C34H34FNO6. The van der Waals surface area contributed by atoms with Gasteiger partial charge in [0.25, 0.3) is 0 Å². The first kappa shape index (κ1) is 30.1. The molecule has 0 fully saturated rings. The third kappa shape index (κ3) is 6.89. The van der Waals surface area contributed by atoms with Crippen LogP contribution in [0.2, 0.25) is 0 Å². The molecule has 218 valence electrons. The molecule has 0 radical (unpaired) electrons. The Kier molecular flexibility index (Phi) is 10.2. The molecule has 0 heterocycles. The van der Waals surface area contributed by atoms with Crippen LogP contribution in [0.1, 0.15) is 42.0 Å². The van der Waals surface area contributed by atoms with Crippen molar-refractivity contribution in [1.29, 1.82) is 0 Å². The molecule has 0 saturated heterocycles. The molecule has 1 atom stereocenters. The number of aromatic hydroxyl groups is 1. The molecule has 1 aliphatic rings. The van der Waals surface area contributed by atoms with Crippen molar-refractivity contribution in [2.24, 2.45) is 0 Å². The highest BCUT2D eigenvalue weighted by Crippen LogP contribution is 2.44. The largest absolute Gasteiger partial charge is 0.508 e. The van der Waals surface area contributed by atoms with Gasteiger partial charge in [-0.25, -0.2) is 14.0 Å². The first-order valence-electron chi connectivity index (χ1n) is 13.8. The number of methoxy groups -OCH3 is 1. The van der Waals surface area contributed by atoms with E-state index in [1.54, 1.807) is 18.2 Å². The van der Waals surface area contributed by atoms with Gasteiger partial charge in [0.05, 0.1) is 7.11 Å². The molecular weight excluding hydrogens is 537 g/mol. The minimum absolute atomic E-state index is 0.00118. The molecule has 7 nitrogen and oxygen atoms in total. The van der Waals surface area contributed by atoms with Crippen molar-refractivity contribution in [3.8, 4) is 22.6 Å². The Morgan fingerprint density at radius 1 is 0.857 bits per heavy atom. The van der Waals surface area contributed by atoms with Crippen LogP contribution in [-0.4, -0.2) is 36.9 Å². The number of benzene rings is 4. The molecule has 4 aromatic rings.